The largest absolute Gasteiger partial charge is 0.461 e. The maximum absolute atomic E-state index is 13.0. The molecule has 1 aliphatic heterocycles. The highest BCUT2D eigenvalue weighted by atomic mass is 16.3. The van der Waals surface area contributed by atoms with Crippen LogP contribution in [0.3, 0.4) is 0 Å². The average molecular weight is 373 g/mol. The lowest BCUT2D eigenvalue weighted by Gasteiger charge is -2.26. The van der Waals surface area contributed by atoms with Gasteiger partial charge in [-0.2, -0.15) is 0 Å². The van der Waals surface area contributed by atoms with Crippen molar-refractivity contribution in [1.29, 1.82) is 0 Å². The predicted octanol–water partition coefficient (Wildman–Crippen LogP) is 3.66. The molecule has 1 aromatic carbocycles. The Morgan fingerprint density at radius 1 is 1.14 bits per heavy atom. The van der Waals surface area contributed by atoms with Crippen LogP contribution in [0.5, 0.6) is 0 Å². The van der Waals surface area contributed by atoms with Gasteiger partial charge < -0.3 is 4.42 Å². The van der Waals surface area contributed by atoms with E-state index in [2.05, 4.69) is 22.0 Å². The lowest BCUT2D eigenvalue weighted by Crippen LogP contribution is -2.33. The van der Waals surface area contributed by atoms with Gasteiger partial charge in [0.2, 0.25) is 0 Å². The van der Waals surface area contributed by atoms with E-state index in [1.807, 2.05) is 44.3 Å². The number of para-hydroxylation sites is 1. The van der Waals surface area contributed by atoms with E-state index in [1.54, 1.807) is 4.40 Å². The fourth-order valence-corrected chi connectivity index (χ4v) is 4.23. The molecule has 0 atom stereocenters. The summed E-state index contributed by atoms with van der Waals surface area (Å²) in [5.74, 6) is 1.11. The van der Waals surface area contributed by atoms with Crippen LogP contribution in [0.15, 0.2) is 51.8 Å². The number of pyridine rings is 1. The fraction of sp³-hybridized carbons (Fsp3) is 0.304. The highest BCUT2D eigenvalue weighted by Crippen LogP contribution is 2.30. The summed E-state index contributed by atoms with van der Waals surface area (Å²) in [6.45, 7) is 6.59. The Balaban J connectivity index is 1.40. The third-order valence-corrected chi connectivity index (χ3v) is 5.77. The minimum Gasteiger partial charge on any atom is -0.461 e. The summed E-state index contributed by atoms with van der Waals surface area (Å²) in [6.07, 6.45) is 3.50. The standard InChI is InChI=1S/C23H23N3O2/c1-15-7-8-22-24-16(2)17(23(27)26(22)13-15)9-11-25-12-10-21-19(14-25)18-5-3-4-6-20(18)28-21/h3-8,13H,9-12,14H2,1-2H3. The minimum atomic E-state index is 0.0534. The summed E-state index contributed by atoms with van der Waals surface area (Å²) in [5.41, 5.74) is 5.73. The first-order chi connectivity index (χ1) is 13.6. The van der Waals surface area contributed by atoms with Crippen molar-refractivity contribution in [2.24, 2.45) is 0 Å². The monoisotopic (exact) mass is 373 g/mol. The van der Waals surface area contributed by atoms with Crippen LogP contribution in [0.4, 0.5) is 0 Å². The molecular formula is C23H23N3O2. The van der Waals surface area contributed by atoms with Gasteiger partial charge in [0, 0.05) is 54.5 Å². The number of nitrogens with zero attached hydrogens (tertiary/aromatic N) is 3. The number of aromatic nitrogens is 2. The van der Waals surface area contributed by atoms with Crippen LogP contribution in [0.25, 0.3) is 16.6 Å². The second-order valence-corrected chi connectivity index (χ2v) is 7.69. The maximum atomic E-state index is 13.0. The Kier molecular flexibility index (Phi) is 4.05. The Bertz CT molecular complexity index is 1250. The number of aryl methyl sites for hydroxylation is 2. The Morgan fingerprint density at radius 2 is 2.00 bits per heavy atom. The highest BCUT2D eigenvalue weighted by molar-refractivity contribution is 5.82. The zero-order valence-corrected chi connectivity index (χ0v) is 16.2. The molecule has 4 aromatic rings. The van der Waals surface area contributed by atoms with Gasteiger partial charge in [0.1, 0.15) is 17.0 Å². The molecule has 4 heterocycles. The van der Waals surface area contributed by atoms with Crippen LogP contribution >= 0.6 is 0 Å². The first kappa shape index (κ1) is 17.2. The molecule has 0 radical (unpaired) electrons. The molecule has 0 amide bonds. The molecule has 0 spiro atoms. The molecule has 0 aliphatic carbocycles. The van der Waals surface area contributed by atoms with Gasteiger partial charge in [-0.05, 0) is 38.0 Å². The van der Waals surface area contributed by atoms with Crippen LogP contribution in [-0.4, -0.2) is 27.4 Å². The number of fused-ring (bicyclic) bond motifs is 4. The molecule has 5 heteroatoms. The zero-order valence-electron chi connectivity index (χ0n) is 16.2. The maximum Gasteiger partial charge on any atom is 0.261 e. The first-order valence-corrected chi connectivity index (χ1v) is 9.80. The van der Waals surface area contributed by atoms with E-state index in [0.717, 1.165) is 54.2 Å². The molecular weight excluding hydrogens is 350 g/mol. The lowest BCUT2D eigenvalue weighted by molar-refractivity contribution is 0.246. The van der Waals surface area contributed by atoms with E-state index in [9.17, 15) is 4.79 Å². The van der Waals surface area contributed by atoms with Crippen molar-refractivity contribution in [2.45, 2.75) is 33.2 Å². The summed E-state index contributed by atoms with van der Waals surface area (Å²) in [5, 5.41) is 1.21. The van der Waals surface area contributed by atoms with E-state index in [0.29, 0.717) is 12.1 Å². The Hall–Kier alpha value is -2.92. The minimum absolute atomic E-state index is 0.0534. The van der Waals surface area contributed by atoms with E-state index in [1.165, 1.54) is 10.9 Å². The van der Waals surface area contributed by atoms with E-state index < -0.39 is 0 Å². The molecule has 0 N–H and O–H groups in total. The summed E-state index contributed by atoms with van der Waals surface area (Å²) >= 11 is 0. The van der Waals surface area contributed by atoms with Crippen LogP contribution < -0.4 is 5.56 Å². The van der Waals surface area contributed by atoms with Crippen molar-refractivity contribution >= 4 is 16.6 Å². The van der Waals surface area contributed by atoms with Crippen LogP contribution in [0, 0.1) is 13.8 Å². The van der Waals surface area contributed by atoms with Gasteiger partial charge in [-0.25, -0.2) is 4.98 Å². The van der Waals surface area contributed by atoms with Crippen LogP contribution in [-0.2, 0) is 19.4 Å². The normalized spacial score (nSPS) is 14.6. The van der Waals surface area contributed by atoms with Gasteiger partial charge in [-0.1, -0.05) is 24.3 Å². The Morgan fingerprint density at radius 3 is 2.89 bits per heavy atom. The van der Waals surface area contributed by atoms with Gasteiger partial charge >= 0.3 is 0 Å². The van der Waals surface area contributed by atoms with E-state index in [4.69, 9.17) is 4.42 Å². The number of rotatable bonds is 3. The van der Waals surface area contributed by atoms with Crippen molar-refractivity contribution in [3.8, 4) is 0 Å². The van der Waals surface area contributed by atoms with Crippen LogP contribution in [0.2, 0.25) is 0 Å². The van der Waals surface area contributed by atoms with Gasteiger partial charge in [-0.15, -0.1) is 0 Å². The van der Waals surface area contributed by atoms with Crippen molar-refractivity contribution in [2.75, 3.05) is 13.1 Å². The molecule has 142 valence electrons. The highest BCUT2D eigenvalue weighted by Gasteiger charge is 2.22. The third kappa shape index (κ3) is 2.83. The van der Waals surface area contributed by atoms with Crippen LogP contribution in [0.1, 0.15) is 28.1 Å². The summed E-state index contributed by atoms with van der Waals surface area (Å²) in [4.78, 5) is 20.0. The van der Waals surface area contributed by atoms with Crippen molar-refractivity contribution in [3.63, 3.8) is 0 Å². The fourth-order valence-electron chi connectivity index (χ4n) is 4.23. The number of hydrogen-bond donors (Lipinski definition) is 0. The summed E-state index contributed by atoms with van der Waals surface area (Å²) < 4.78 is 7.69. The smallest absolute Gasteiger partial charge is 0.261 e. The predicted molar refractivity (Wildman–Crippen MR) is 110 cm³/mol. The molecule has 0 saturated heterocycles. The molecule has 0 fully saturated rings. The topological polar surface area (TPSA) is 50.8 Å². The van der Waals surface area contributed by atoms with Gasteiger partial charge in [0.25, 0.3) is 5.56 Å². The number of benzene rings is 1. The number of hydrogen-bond acceptors (Lipinski definition) is 4. The van der Waals surface area contributed by atoms with Gasteiger partial charge in [0.15, 0.2) is 0 Å². The molecule has 0 bridgehead atoms. The molecule has 0 unspecified atom stereocenters. The second kappa shape index (κ2) is 6.60. The molecule has 5 rings (SSSR count). The third-order valence-electron chi connectivity index (χ3n) is 5.77. The SMILES string of the molecule is Cc1ccc2nc(C)c(CCN3CCc4oc5ccccc5c4C3)c(=O)n2c1. The number of furan rings is 1. The summed E-state index contributed by atoms with van der Waals surface area (Å²) in [6, 6.07) is 12.1. The quantitative estimate of drug-likeness (QED) is 0.550. The average Bonchev–Trinajstić information content (AvgIpc) is 3.06. The molecule has 0 saturated carbocycles. The lowest BCUT2D eigenvalue weighted by atomic mass is 10.0. The van der Waals surface area contributed by atoms with Crippen molar-refractivity contribution in [1.82, 2.24) is 14.3 Å². The molecule has 5 nitrogen and oxygen atoms in total. The summed E-state index contributed by atoms with van der Waals surface area (Å²) in [7, 11) is 0. The van der Waals surface area contributed by atoms with Gasteiger partial charge in [0.05, 0.1) is 0 Å². The molecule has 1 aliphatic rings. The van der Waals surface area contributed by atoms with Crippen molar-refractivity contribution in [3.05, 3.63) is 81.1 Å². The zero-order chi connectivity index (χ0) is 19.3. The van der Waals surface area contributed by atoms with Crippen molar-refractivity contribution < 1.29 is 4.42 Å². The first-order valence-electron chi connectivity index (χ1n) is 9.80. The second-order valence-electron chi connectivity index (χ2n) is 7.69. The molecule has 3 aromatic heterocycles. The van der Waals surface area contributed by atoms with E-state index in [-0.39, 0.29) is 5.56 Å². The Labute approximate surface area is 163 Å². The molecule has 28 heavy (non-hydrogen) atoms. The van der Waals surface area contributed by atoms with E-state index >= 15 is 0 Å². The van der Waals surface area contributed by atoms with Gasteiger partial charge in [-0.3, -0.25) is 14.1 Å².